The van der Waals surface area contributed by atoms with Gasteiger partial charge in [0.1, 0.15) is 5.75 Å². The third-order valence-corrected chi connectivity index (χ3v) is 4.93. The molecular formula is C21H27N3O2. The lowest BCUT2D eigenvalue weighted by molar-refractivity contribution is -0.131. The maximum atomic E-state index is 12.5. The van der Waals surface area contributed by atoms with Crippen LogP contribution in [-0.2, 0) is 4.79 Å². The molecule has 2 aromatic rings. The number of para-hydroxylation sites is 1. The van der Waals surface area contributed by atoms with Gasteiger partial charge in [-0.3, -0.25) is 4.79 Å². The highest BCUT2D eigenvalue weighted by molar-refractivity contribution is 5.77. The minimum absolute atomic E-state index is 0.238. The van der Waals surface area contributed by atoms with Crippen LogP contribution in [0.4, 0.5) is 11.4 Å². The number of carbonyl (C=O) groups is 1. The van der Waals surface area contributed by atoms with Crippen molar-refractivity contribution in [3.63, 3.8) is 0 Å². The number of amides is 1. The molecule has 0 saturated carbocycles. The first-order valence-corrected chi connectivity index (χ1v) is 9.10. The fraction of sp³-hybridized carbons (Fsp3) is 0.381. The van der Waals surface area contributed by atoms with Gasteiger partial charge in [-0.1, -0.05) is 18.2 Å². The van der Waals surface area contributed by atoms with E-state index in [0.29, 0.717) is 6.42 Å². The maximum absolute atomic E-state index is 12.5. The van der Waals surface area contributed by atoms with Crippen LogP contribution in [0.2, 0.25) is 0 Å². The Kier molecular flexibility index (Phi) is 6.00. The van der Waals surface area contributed by atoms with Crippen molar-refractivity contribution in [3.05, 3.63) is 54.6 Å². The molecular weight excluding hydrogens is 326 g/mol. The number of methoxy groups -OCH3 is 1. The van der Waals surface area contributed by atoms with Gasteiger partial charge in [0.2, 0.25) is 5.91 Å². The predicted molar refractivity (Wildman–Crippen MR) is 106 cm³/mol. The molecule has 0 spiro atoms. The first-order valence-electron chi connectivity index (χ1n) is 9.10. The smallest absolute Gasteiger partial charge is 0.224 e. The fourth-order valence-corrected chi connectivity index (χ4v) is 3.24. The summed E-state index contributed by atoms with van der Waals surface area (Å²) < 4.78 is 5.21. The standard InChI is InChI=1S/C21H27N3O2/c1-22(18-6-4-3-5-7-18)13-12-21(25)24-16-14-23(15-17-24)19-8-10-20(26-2)11-9-19/h3-11H,12-17H2,1-2H3. The minimum atomic E-state index is 0.238. The maximum Gasteiger partial charge on any atom is 0.224 e. The summed E-state index contributed by atoms with van der Waals surface area (Å²) in [4.78, 5) is 19.0. The number of carbonyl (C=O) groups excluding carboxylic acids is 1. The number of anilines is 2. The van der Waals surface area contributed by atoms with Crippen LogP contribution in [-0.4, -0.2) is 57.7 Å². The summed E-state index contributed by atoms with van der Waals surface area (Å²) in [5.74, 6) is 1.10. The molecule has 2 aromatic carbocycles. The molecule has 3 rings (SSSR count). The van der Waals surface area contributed by atoms with E-state index in [4.69, 9.17) is 4.74 Å². The Morgan fingerprint density at radius 1 is 1.00 bits per heavy atom. The van der Waals surface area contributed by atoms with Gasteiger partial charge in [0.25, 0.3) is 0 Å². The van der Waals surface area contributed by atoms with Crippen molar-refractivity contribution in [2.75, 3.05) is 56.7 Å². The van der Waals surface area contributed by atoms with Crippen LogP contribution >= 0.6 is 0 Å². The van der Waals surface area contributed by atoms with Gasteiger partial charge in [0, 0.05) is 57.6 Å². The van der Waals surface area contributed by atoms with E-state index in [1.165, 1.54) is 5.69 Å². The highest BCUT2D eigenvalue weighted by Gasteiger charge is 2.21. The van der Waals surface area contributed by atoms with E-state index in [2.05, 4.69) is 34.1 Å². The first kappa shape index (κ1) is 18.1. The third-order valence-electron chi connectivity index (χ3n) is 4.93. The normalized spacial score (nSPS) is 14.2. The lowest BCUT2D eigenvalue weighted by atomic mass is 10.2. The fourth-order valence-electron chi connectivity index (χ4n) is 3.24. The van der Waals surface area contributed by atoms with Crippen molar-refractivity contribution >= 4 is 17.3 Å². The van der Waals surface area contributed by atoms with E-state index in [-0.39, 0.29) is 5.91 Å². The van der Waals surface area contributed by atoms with E-state index >= 15 is 0 Å². The molecule has 1 aliphatic rings. The third kappa shape index (κ3) is 4.48. The highest BCUT2D eigenvalue weighted by atomic mass is 16.5. The number of rotatable bonds is 6. The van der Waals surface area contributed by atoms with Crippen LogP contribution in [0.5, 0.6) is 5.75 Å². The summed E-state index contributed by atoms with van der Waals surface area (Å²) in [6, 6.07) is 18.3. The molecule has 0 aliphatic carbocycles. The van der Waals surface area contributed by atoms with Gasteiger partial charge in [-0.05, 0) is 36.4 Å². The van der Waals surface area contributed by atoms with Crippen molar-refractivity contribution < 1.29 is 9.53 Å². The quantitative estimate of drug-likeness (QED) is 0.800. The van der Waals surface area contributed by atoms with Crippen molar-refractivity contribution in [1.82, 2.24) is 4.90 Å². The highest BCUT2D eigenvalue weighted by Crippen LogP contribution is 2.20. The molecule has 0 N–H and O–H groups in total. The summed E-state index contributed by atoms with van der Waals surface area (Å²) >= 11 is 0. The Bertz CT molecular complexity index is 695. The summed E-state index contributed by atoms with van der Waals surface area (Å²) in [6.07, 6.45) is 0.550. The zero-order valence-electron chi connectivity index (χ0n) is 15.6. The van der Waals surface area contributed by atoms with Crippen LogP contribution in [0, 0.1) is 0 Å². The molecule has 0 radical (unpaired) electrons. The summed E-state index contributed by atoms with van der Waals surface area (Å²) in [7, 11) is 3.71. The molecule has 5 heteroatoms. The molecule has 1 heterocycles. The molecule has 1 aliphatic heterocycles. The largest absolute Gasteiger partial charge is 0.497 e. The average molecular weight is 353 g/mol. The number of nitrogens with zero attached hydrogens (tertiary/aromatic N) is 3. The molecule has 1 amide bonds. The van der Waals surface area contributed by atoms with Crippen molar-refractivity contribution in [2.45, 2.75) is 6.42 Å². The molecule has 1 fully saturated rings. The number of benzene rings is 2. The van der Waals surface area contributed by atoms with Crippen molar-refractivity contribution in [3.8, 4) is 5.75 Å². The Balaban J connectivity index is 1.45. The molecule has 0 atom stereocenters. The Labute approximate surface area is 155 Å². The zero-order chi connectivity index (χ0) is 18.4. The van der Waals surface area contributed by atoms with Crippen LogP contribution < -0.4 is 14.5 Å². The number of hydrogen-bond donors (Lipinski definition) is 0. The van der Waals surface area contributed by atoms with Gasteiger partial charge in [-0.15, -0.1) is 0 Å². The van der Waals surface area contributed by atoms with E-state index in [9.17, 15) is 4.79 Å². The van der Waals surface area contributed by atoms with Gasteiger partial charge in [-0.2, -0.15) is 0 Å². The summed E-state index contributed by atoms with van der Waals surface area (Å²) in [6.45, 7) is 4.03. The first-order chi connectivity index (χ1) is 12.7. The van der Waals surface area contributed by atoms with Crippen molar-refractivity contribution in [2.24, 2.45) is 0 Å². The Morgan fingerprint density at radius 3 is 2.27 bits per heavy atom. The van der Waals surface area contributed by atoms with Crippen LogP contribution in [0.1, 0.15) is 6.42 Å². The zero-order valence-corrected chi connectivity index (χ0v) is 15.6. The molecule has 5 nitrogen and oxygen atoms in total. The van der Waals surface area contributed by atoms with Gasteiger partial charge in [0.05, 0.1) is 7.11 Å². The number of piperazine rings is 1. The molecule has 0 aromatic heterocycles. The second-order valence-electron chi connectivity index (χ2n) is 6.57. The topological polar surface area (TPSA) is 36.0 Å². The molecule has 0 unspecified atom stereocenters. The number of ether oxygens (including phenoxy) is 1. The SMILES string of the molecule is COc1ccc(N2CCN(C(=O)CCN(C)c3ccccc3)CC2)cc1. The van der Waals surface area contributed by atoms with Crippen molar-refractivity contribution in [1.29, 1.82) is 0 Å². The molecule has 26 heavy (non-hydrogen) atoms. The Morgan fingerprint density at radius 2 is 1.65 bits per heavy atom. The number of hydrogen-bond acceptors (Lipinski definition) is 4. The lowest BCUT2D eigenvalue weighted by Gasteiger charge is -2.36. The second kappa shape index (κ2) is 8.61. The summed E-state index contributed by atoms with van der Waals surface area (Å²) in [5.41, 5.74) is 2.33. The van der Waals surface area contributed by atoms with E-state index in [0.717, 1.165) is 44.2 Å². The molecule has 1 saturated heterocycles. The van der Waals surface area contributed by atoms with E-state index in [1.807, 2.05) is 42.3 Å². The average Bonchev–Trinajstić information content (AvgIpc) is 2.72. The molecule has 0 bridgehead atoms. The monoisotopic (exact) mass is 353 g/mol. The van der Waals surface area contributed by atoms with E-state index in [1.54, 1.807) is 7.11 Å². The van der Waals surface area contributed by atoms with E-state index < -0.39 is 0 Å². The molecule has 138 valence electrons. The lowest BCUT2D eigenvalue weighted by Crippen LogP contribution is -2.49. The summed E-state index contributed by atoms with van der Waals surface area (Å²) in [5, 5.41) is 0. The second-order valence-corrected chi connectivity index (χ2v) is 6.57. The van der Waals surface area contributed by atoms with Crippen LogP contribution in [0.25, 0.3) is 0 Å². The minimum Gasteiger partial charge on any atom is -0.497 e. The predicted octanol–water partition coefficient (Wildman–Crippen LogP) is 2.87. The van der Waals surface area contributed by atoms with Gasteiger partial charge in [-0.25, -0.2) is 0 Å². The van der Waals surface area contributed by atoms with Crippen LogP contribution in [0.3, 0.4) is 0 Å². The van der Waals surface area contributed by atoms with Gasteiger partial charge >= 0.3 is 0 Å². The Hall–Kier alpha value is -2.69. The van der Waals surface area contributed by atoms with Crippen LogP contribution in [0.15, 0.2) is 54.6 Å². The van der Waals surface area contributed by atoms with Gasteiger partial charge in [0.15, 0.2) is 0 Å². The van der Waals surface area contributed by atoms with Gasteiger partial charge < -0.3 is 19.4 Å².